The summed E-state index contributed by atoms with van der Waals surface area (Å²) in [7, 11) is -4.01. The van der Waals surface area contributed by atoms with E-state index < -0.39 is 19.9 Å². The van der Waals surface area contributed by atoms with Gasteiger partial charge in [0.1, 0.15) is 6.07 Å². The SMILES string of the molecule is N#C/C(=C\c1ccsc1[N+](=O)[O-])S(=O)(=O)NCCCc1ccccc1. The zero-order valence-corrected chi connectivity index (χ0v) is 14.7. The van der Waals surface area contributed by atoms with Gasteiger partial charge >= 0.3 is 5.00 Å². The number of thiophene rings is 1. The van der Waals surface area contributed by atoms with E-state index in [4.69, 9.17) is 5.26 Å². The number of hydrogen-bond acceptors (Lipinski definition) is 6. The van der Waals surface area contributed by atoms with Gasteiger partial charge in [-0.05, 0) is 35.9 Å². The molecule has 2 aromatic rings. The van der Waals surface area contributed by atoms with Gasteiger partial charge in [-0.3, -0.25) is 10.1 Å². The van der Waals surface area contributed by atoms with E-state index in [-0.39, 0.29) is 17.1 Å². The maximum absolute atomic E-state index is 12.2. The van der Waals surface area contributed by atoms with E-state index in [0.717, 1.165) is 23.0 Å². The van der Waals surface area contributed by atoms with Crippen molar-refractivity contribution in [2.24, 2.45) is 0 Å². The molecule has 0 aliphatic rings. The fourth-order valence-corrected chi connectivity index (χ4v) is 3.77. The van der Waals surface area contributed by atoms with Gasteiger partial charge in [0.25, 0.3) is 10.0 Å². The van der Waals surface area contributed by atoms with Crippen LogP contribution in [-0.2, 0) is 16.4 Å². The Morgan fingerprint density at radius 1 is 1.32 bits per heavy atom. The third-order valence-electron chi connectivity index (χ3n) is 3.30. The van der Waals surface area contributed by atoms with Crippen LogP contribution in [0, 0.1) is 21.4 Å². The van der Waals surface area contributed by atoms with Crippen LogP contribution in [0.5, 0.6) is 0 Å². The summed E-state index contributed by atoms with van der Waals surface area (Å²) in [6, 6.07) is 12.6. The van der Waals surface area contributed by atoms with Gasteiger partial charge in [0.2, 0.25) is 0 Å². The Morgan fingerprint density at radius 3 is 2.68 bits per heavy atom. The summed E-state index contributed by atoms with van der Waals surface area (Å²) in [5.74, 6) is 0. The molecule has 0 saturated heterocycles. The lowest BCUT2D eigenvalue weighted by Crippen LogP contribution is -2.26. The number of sulfonamides is 1. The van der Waals surface area contributed by atoms with Crippen molar-refractivity contribution in [2.75, 3.05) is 6.54 Å². The molecule has 1 aromatic heterocycles. The molecule has 1 aromatic carbocycles. The molecule has 7 nitrogen and oxygen atoms in total. The van der Waals surface area contributed by atoms with Crippen LogP contribution in [0.2, 0.25) is 0 Å². The Kier molecular flexibility index (Phi) is 6.41. The van der Waals surface area contributed by atoms with Crippen LogP contribution in [0.1, 0.15) is 17.5 Å². The summed E-state index contributed by atoms with van der Waals surface area (Å²) in [4.78, 5) is 9.73. The number of nitriles is 1. The Balaban J connectivity index is 2.03. The van der Waals surface area contributed by atoms with Crippen molar-refractivity contribution in [3.63, 3.8) is 0 Å². The highest BCUT2D eigenvalue weighted by atomic mass is 32.2. The number of nitrogens with one attached hydrogen (secondary N) is 1. The van der Waals surface area contributed by atoms with E-state index in [9.17, 15) is 18.5 Å². The average molecular weight is 377 g/mol. The zero-order valence-electron chi connectivity index (χ0n) is 13.1. The fraction of sp³-hybridized carbons (Fsp3) is 0.188. The molecule has 1 heterocycles. The molecule has 0 saturated carbocycles. The van der Waals surface area contributed by atoms with E-state index in [1.54, 1.807) is 6.07 Å². The van der Waals surface area contributed by atoms with Crippen LogP contribution in [0.25, 0.3) is 6.08 Å². The molecular formula is C16H15N3O4S2. The van der Waals surface area contributed by atoms with Crippen LogP contribution in [0.15, 0.2) is 46.7 Å². The summed E-state index contributed by atoms with van der Waals surface area (Å²) < 4.78 is 26.8. The zero-order chi connectivity index (χ0) is 18.3. The first-order valence-electron chi connectivity index (χ1n) is 7.31. The molecule has 2 rings (SSSR count). The van der Waals surface area contributed by atoms with E-state index in [1.807, 2.05) is 30.3 Å². The lowest BCUT2D eigenvalue weighted by atomic mass is 10.1. The highest BCUT2D eigenvalue weighted by Gasteiger charge is 2.20. The third-order valence-corrected chi connectivity index (χ3v) is 5.56. The second-order valence-electron chi connectivity index (χ2n) is 5.05. The molecule has 0 aliphatic carbocycles. The standard InChI is InChI=1S/C16H15N3O4S2/c17-12-15(11-14-8-10-24-16(14)19(20)21)25(22,23)18-9-4-7-13-5-2-1-3-6-13/h1-3,5-6,8,10-11,18H,4,7,9H2/b15-11+. The van der Waals surface area contributed by atoms with Gasteiger partial charge in [-0.15, -0.1) is 0 Å². The average Bonchev–Trinajstić information content (AvgIpc) is 3.06. The van der Waals surface area contributed by atoms with Gasteiger partial charge in [-0.25, -0.2) is 13.1 Å². The monoisotopic (exact) mass is 377 g/mol. The van der Waals surface area contributed by atoms with Crippen LogP contribution in [0.4, 0.5) is 5.00 Å². The first kappa shape index (κ1) is 18.8. The topological polar surface area (TPSA) is 113 Å². The van der Waals surface area contributed by atoms with Crippen molar-refractivity contribution in [1.82, 2.24) is 4.72 Å². The first-order chi connectivity index (χ1) is 11.9. The number of aryl methyl sites for hydroxylation is 1. The summed E-state index contributed by atoms with van der Waals surface area (Å²) in [6.45, 7) is 0.169. The second kappa shape index (κ2) is 8.53. The minimum atomic E-state index is -4.01. The van der Waals surface area contributed by atoms with E-state index >= 15 is 0 Å². The largest absolute Gasteiger partial charge is 0.331 e. The molecule has 0 fully saturated rings. The number of rotatable bonds is 8. The first-order valence-corrected chi connectivity index (χ1v) is 9.67. The predicted molar refractivity (Wildman–Crippen MR) is 96.2 cm³/mol. The summed E-state index contributed by atoms with van der Waals surface area (Å²) >= 11 is 0.872. The van der Waals surface area contributed by atoms with Crippen LogP contribution in [-0.4, -0.2) is 19.9 Å². The molecule has 9 heteroatoms. The second-order valence-corrected chi connectivity index (χ2v) is 7.68. The van der Waals surface area contributed by atoms with Crippen molar-refractivity contribution in [3.8, 4) is 6.07 Å². The predicted octanol–water partition coefficient (Wildman–Crippen LogP) is 3.07. The molecule has 0 aliphatic heterocycles. The maximum atomic E-state index is 12.2. The molecule has 0 unspecified atom stereocenters. The minimum Gasteiger partial charge on any atom is -0.258 e. The lowest BCUT2D eigenvalue weighted by Gasteiger charge is -2.05. The van der Waals surface area contributed by atoms with Crippen molar-refractivity contribution >= 4 is 32.4 Å². The van der Waals surface area contributed by atoms with Gasteiger partial charge < -0.3 is 0 Å². The van der Waals surface area contributed by atoms with E-state index in [2.05, 4.69) is 4.72 Å². The Labute approximate surface area is 149 Å². The summed E-state index contributed by atoms with van der Waals surface area (Å²) in [5, 5.41) is 21.3. The number of nitrogens with zero attached hydrogens (tertiary/aromatic N) is 2. The van der Waals surface area contributed by atoms with E-state index in [1.165, 1.54) is 11.4 Å². The van der Waals surface area contributed by atoms with E-state index in [0.29, 0.717) is 12.8 Å². The van der Waals surface area contributed by atoms with Crippen LogP contribution >= 0.6 is 11.3 Å². The van der Waals surface area contributed by atoms with Gasteiger partial charge in [0.05, 0.1) is 10.5 Å². The van der Waals surface area contributed by atoms with Gasteiger partial charge in [0, 0.05) is 6.54 Å². The molecular weight excluding hydrogens is 362 g/mol. The van der Waals surface area contributed by atoms with Crippen LogP contribution < -0.4 is 4.72 Å². The van der Waals surface area contributed by atoms with Crippen molar-refractivity contribution in [1.29, 1.82) is 5.26 Å². The summed E-state index contributed by atoms with van der Waals surface area (Å²) in [5.41, 5.74) is 1.19. The van der Waals surface area contributed by atoms with Gasteiger partial charge in [-0.2, -0.15) is 5.26 Å². The molecule has 0 atom stereocenters. The molecule has 130 valence electrons. The maximum Gasteiger partial charge on any atom is 0.331 e. The molecule has 0 spiro atoms. The number of benzene rings is 1. The molecule has 0 bridgehead atoms. The summed E-state index contributed by atoms with van der Waals surface area (Å²) in [6.07, 6.45) is 2.29. The molecule has 25 heavy (non-hydrogen) atoms. The Morgan fingerprint density at radius 2 is 2.04 bits per heavy atom. The Hall–Kier alpha value is -2.54. The molecule has 1 N–H and O–H groups in total. The van der Waals surface area contributed by atoms with Gasteiger partial charge in [-0.1, -0.05) is 41.7 Å². The minimum absolute atomic E-state index is 0.0983. The van der Waals surface area contributed by atoms with Crippen LogP contribution in [0.3, 0.4) is 0 Å². The third kappa shape index (κ3) is 5.22. The lowest BCUT2D eigenvalue weighted by molar-refractivity contribution is -0.380. The van der Waals surface area contributed by atoms with Crippen molar-refractivity contribution in [3.05, 3.63) is 67.9 Å². The number of nitro groups is 1. The Bertz CT molecular complexity index is 912. The quantitative estimate of drug-likeness (QED) is 0.329. The smallest absolute Gasteiger partial charge is 0.258 e. The van der Waals surface area contributed by atoms with Crippen molar-refractivity contribution < 1.29 is 13.3 Å². The number of hydrogen-bond donors (Lipinski definition) is 1. The highest BCUT2D eigenvalue weighted by Crippen LogP contribution is 2.28. The van der Waals surface area contributed by atoms with Crippen molar-refractivity contribution in [2.45, 2.75) is 12.8 Å². The normalized spacial score (nSPS) is 11.9. The molecule has 0 radical (unpaired) electrons. The number of allylic oxidation sites excluding steroid dienone is 1. The van der Waals surface area contributed by atoms with Gasteiger partial charge in [0.15, 0.2) is 4.91 Å². The molecule has 0 amide bonds. The fourth-order valence-electron chi connectivity index (χ4n) is 2.10. The highest BCUT2D eigenvalue weighted by molar-refractivity contribution is 7.93.